The minimum atomic E-state index is 0.618. The Morgan fingerprint density at radius 2 is 1.10 bits per heavy atom. The van der Waals surface area contributed by atoms with Crippen LogP contribution in [0.15, 0.2) is 102 Å². The van der Waals surface area contributed by atoms with Crippen LogP contribution in [0.1, 0.15) is 16.7 Å². The van der Waals surface area contributed by atoms with Gasteiger partial charge in [0.15, 0.2) is 0 Å². The average Bonchev–Trinajstić information content (AvgIpc) is 3.10. The molecule has 0 atom stereocenters. The van der Waals surface area contributed by atoms with E-state index in [0.717, 1.165) is 17.6 Å². The van der Waals surface area contributed by atoms with Crippen molar-refractivity contribution in [1.29, 1.82) is 0 Å². The van der Waals surface area contributed by atoms with Crippen LogP contribution in [-0.4, -0.2) is 9.13 Å². The van der Waals surface area contributed by atoms with Gasteiger partial charge in [0, 0.05) is 11.0 Å². The average molecular weight is 629 g/mol. The molecule has 29 heavy (non-hydrogen) atoms. The van der Waals surface area contributed by atoms with Gasteiger partial charge in [-0.2, -0.15) is 0 Å². The molecule has 1 heterocycles. The molecule has 2 N–H and O–H groups in total. The van der Waals surface area contributed by atoms with Gasteiger partial charge in [0.05, 0.1) is 0 Å². The van der Waals surface area contributed by atoms with Gasteiger partial charge in [0.25, 0.3) is 0 Å². The second kappa shape index (κ2) is 11.3. The molecule has 0 aliphatic rings. The Kier molecular flexibility index (Phi) is 8.42. The van der Waals surface area contributed by atoms with E-state index in [1.807, 2.05) is 24.3 Å². The first-order chi connectivity index (χ1) is 14.2. The Labute approximate surface area is 191 Å². The van der Waals surface area contributed by atoms with Gasteiger partial charge in [-0.25, -0.2) is 0 Å². The van der Waals surface area contributed by atoms with Gasteiger partial charge in [-0.05, 0) is 17.7 Å². The van der Waals surface area contributed by atoms with E-state index in [1.54, 1.807) is 0 Å². The molecule has 152 valence electrons. The van der Waals surface area contributed by atoms with E-state index < -0.39 is 0 Å². The molecule has 0 unspecified atom stereocenters. The summed E-state index contributed by atoms with van der Waals surface area (Å²) in [5.41, 5.74) is 9.20. The third-order valence-corrected chi connectivity index (χ3v) is 6.24. The van der Waals surface area contributed by atoms with Crippen molar-refractivity contribution in [1.82, 2.24) is 9.13 Å². The summed E-state index contributed by atoms with van der Waals surface area (Å²) in [6.45, 7) is 2.45. The van der Waals surface area contributed by atoms with Gasteiger partial charge in [-0.15, -0.1) is 0 Å². The standard InChI is InChI=1S/C17H16N2.C7H8BrN.Pt/c1-3-7-16(8-4-1)13-18-11-12-19(15-18)14-17-9-5-2-6-10-17;8-7-3-1-6(5-9)2-4-7;/h1-12H,13-14H2;1-4H,5,9H2;. The molecule has 0 bridgehead atoms. The first kappa shape index (κ1) is 21.7. The summed E-state index contributed by atoms with van der Waals surface area (Å²) < 4.78 is 6.90. The first-order valence-electron chi connectivity index (χ1n) is 9.39. The van der Waals surface area contributed by atoms with Crippen LogP contribution in [0, 0.1) is 3.80 Å². The number of aromatic nitrogens is 2. The Balaban J connectivity index is 0.000000224. The van der Waals surface area contributed by atoms with E-state index in [9.17, 15) is 0 Å². The molecule has 4 rings (SSSR count). The topological polar surface area (TPSA) is 35.9 Å². The Hall–Kier alpha value is -2.00. The molecule has 1 aromatic heterocycles. The van der Waals surface area contributed by atoms with Crippen molar-refractivity contribution >= 4 is 15.9 Å². The van der Waals surface area contributed by atoms with Gasteiger partial charge < -0.3 is 5.73 Å². The summed E-state index contributed by atoms with van der Waals surface area (Å²) in [6, 6.07) is 29.1. The molecule has 0 saturated heterocycles. The summed E-state index contributed by atoms with van der Waals surface area (Å²) in [7, 11) is 0. The van der Waals surface area contributed by atoms with Crippen LogP contribution >= 0.6 is 15.9 Å². The molecular formula is C24H24BrN3Pt. The van der Waals surface area contributed by atoms with Gasteiger partial charge in [-0.1, -0.05) is 28.1 Å². The van der Waals surface area contributed by atoms with E-state index in [2.05, 4.69) is 117 Å². The van der Waals surface area contributed by atoms with Crippen LogP contribution in [0.3, 0.4) is 0 Å². The Morgan fingerprint density at radius 1 is 0.655 bits per heavy atom. The van der Waals surface area contributed by atoms with Crippen LogP contribution in [0.25, 0.3) is 0 Å². The molecule has 0 fully saturated rings. The zero-order chi connectivity index (χ0) is 20.5. The molecule has 0 amide bonds. The number of rotatable bonds is 5. The van der Waals surface area contributed by atoms with Crippen molar-refractivity contribution in [3.63, 3.8) is 0 Å². The number of imidazole rings is 1. The predicted octanol–water partition coefficient (Wildman–Crippen LogP) is 5.37. The van der Waals surface area contributed by atoms with Gasteiger partial charge in [0.1, 0.15) is 0 Å². The Bertz CT molecular complexity index is 993. The molecule has 5 heteroatoms. The zero-order valence-electron chi connectivity index (χ0n) is 16.0. The fraction of sp³-hybridized carbons (Fsp3) is 0.125. The summed E-state index contributed by atoms with van der Waals surface area (Å²) in [4.78, 5) is 0. The van der Waals surface area contributed by atoms with Gasteiger partial charge in [-0.3, -0.25) is 0 Å². The number of halogens is 1. The number of nitrogens with two attached hydrogens (primary N) is 1. The molecular weight excluding hydrogens is 605 g/mol. The van der Waals surface area contributed by atoms with E-state index in [-0.39, 0.29) is 0 Å². The number of hydrogen-bond donors (Lipinski definition) is 1. The summed E-state index contributed by atoms with van der Waals surface area (Å²) in [6.07, 6.45) is 4.30. The summed E-state index contributed by atoms with van der Waals surface area (Å²) in [5.74, 6) is 0. The van der Waals surface area contributed by atoms with Gasteiger partial charge >= 0.3 is 130 Å². The Morgan fingerprint density at radius 3 is 1.52 bits per heavy atom. The van der Waals surface area contributed by atoms with Crippen molar-refractivity contribution in [2.75, 3.05) is 0 Å². The zero-order valence-corrected chi connectivity index (χ0v) is 19.9. The van der Waals surface area contributed by atoms with Crippen LogP contribution in [0.5, 0.6) is 0 Å². The molecule has 0 spiro atoms. The first-order valence-corrected chi connectivity index (χ1v) is 11.3. The quantitative estimate of drug-likeness (QED) is 0.317. The maximum absolute atomic E-state index is 5.38. The maximum atomic E-state index is 5.38. The summed E-state index contributed by atoms with van der Waals surface area (Å²) in [5, 5.41) is 0. The second-order valence-electron chi connectivity index (χ2n) is 6.60. The fourth-order valence-corrected chi connectivity index (χ4v) is 3.81. The number of hydrogen-bond acceptors (Lipinski definition) is 1. The molecule has 0 radical (unpaired) electrons. The minimum absolute atomic E-state index is 0.618. The van der Waals surface area contributed by atoms with E-state index in [1.165, 1.54) is 20.5 Å². The molecule has 0 aliphatic carbocycles. The number of nitrogens with zero attached hydrogens (tertiary/aromatic N) is 2. The fourth-order valence-electron chi connectivity index (χ4n) is 2.85. The molecule has 4 aromatic rings. The van der Waals surface area contributed by atoms with Crippen LogP contribution in [0.2, 0.25) is 0 Å². The van der Waals surface area contributed by atoms with E-state index in [4.69, 9.17) is 5.73 Å². The van der Waals surface area contributed by atoms with Crippen molar-refractivity contribution in [3.05, 3.63) is 122 Å². The molecule has 3 nitrogen and oxygen atoms in total. The number of benzene rings is 3. The SMILES string of the molecule is NCc1ccc(Br)cc1.[Pt]=[c]1n(Cc2ccccc2)ccn1Cc1ccccc1. The van der Waals surface area contributed by atoms with Crippen molar-refractivity contribution in [3.8, 4) is 0 Å². The predicted molar refractivity (Wildman–Crippen MR) is 119 cm³/mol. The third kappa shape index (κ3) is 6.78. The molecule has 3 aromatic carbocycles. The van der Waals surface area contributed by atoms with E-state index >= 15 is 0 Å². The van der Waals surface area contributed by atoms with Crippen LogP contribution < -0.4 is 5.73 Å². The van der Waals surface area contributed by atoms with Crippen LogP contribution in [0.4, 0.5) is 0 Å². The normalized spacial score (nSPS) is 10.3. The van der Waals surface area contributed by atoms with Crippen molar-refractivity contribution in [2.24, 2.45) is 5.73 Å². The third-order valence-electron chi connectivity index (χ3n) is 4.41. The van der Waals surface area contributed by atoms with Crippen molar-refractivity contribution < 1.29 is 19.4 Å². The summed E-state index contributed by atoms with van der Waals surface area (Å²) >= 11 is 5.73. The van der Waals surface area contributed by atoms with E-state index in [0.29, 0.717) is 6.54 Å². The monoisotopic (exact) mass is 628 g/mol. The van der Waals surface area contributed by atoms with Crippen molar-refractivity contribution in [2.45, 2.75) is 19.6 Å². The molecule has 0 aliphatic heterocycles. The van der Waals surface area contributed by atoms with Crippen LogP contribution in [-0.2, 0) is 39.0 Å². The second-order valence-corrected chi connectivity index (χ2v) is 8.53. The van der Waals surface area contributed by atoms with Gasteiger partial charge in [0.2, 0.25) is 0 Å². The molecule has 0 saturated carbocycles.